The molecule has 0 radical (unpaired) electrons. The number of aromatic nitrogens is 2. The molecule has 0 spiro atoms. The number of carbonyl (C=O) groups is 1. The summed E-state index contributed by atoms with van der Waals surface area (Å²) in [6.07, 6.45) is 2.00. The Bertz CT molecular complexity index is 866. The standard InChI is InChI=1S/C14H16N4O3S2/c1-17-11-8-18(23(20,21)12-3-2-6-22-12)7-10(11)13(16-17)14(19)15-9-4-5-9/h2-3,6,9H,4-5,7-8H2,1H3,(H,15,19). The molecule has 1 saturated carbocycles. The molecule has 0 atom stereocenters. The molecule has 23 heavy (non-hydrogen) atoms. The predicted molar refractivity (Wildman–Crippen MR) is 84.4 cm³/mol. The molecular weight excluding hydrogens is 336 g/mol. The van der Waals surface area contributed by atoms with Gasteiger partial charge in [-0.05, 0) is 24.3 Å². The number of thiophene rings is 1. The van der Waals surface area contributed by atoms with Gasteiger partial charge in [0.2, 0.25) is 0 Å². The fourth-order valence-electron chi connectivity index (χ4n) is 2.74. The van der Waals surface area contributed by atoms with Gasteiger partial charge in [-0.3, -0.25) is 9.48 Å². The van der Waals surface area contributed by atoms with Gasteiger partial charge in [0.1, 0.15) is 4.21 Å². The van der Waals surface area contributed by atoms with Crippen LogP contribution in [0.5, 0.6) is 0 Å². The van der Waals surface area contributed by atoms with Crippen molar-refractivity contribution in [3.05, 3.63) is 34.5 Å². The lowest BCUT2D eigenvalue weighted by atomic mass is 10.2. The Morgan fingerprint density at radius 2 is 2.17 bits per heavy atom. The summed E-state index contributed by atoms with van der Waals surface area (Å²) in [5.74, 6) is -0.209. The molecular formula is C14H16N4O3S2. The van der Waals surface area contributed by atoms with Crippen LogP contribution in [0, 0.1) is 0 Å². The van der Waals surface area contributed by atoms with Gasteiger partial charge >= 0.3 is 0 Å². The molecule has 1 fully saturated rings. The molecule has 1 aliphatic heterocycles. The van der Waals surface area contributed by atoms with Crippen LogP contribution in [0.15, 0.2) is 21.7 Å². The molecule has 2 aliphatic rings. The Morgan fingerprint density at radius 3 is 2.83 bits per heavy atom. The molecule has 0 saturated heterocycles. The molecule has 2 aromatic rings. The second-order valence-electron chi connectivity index (χ2n) is 5.85. The molecule has 0 unspecified atom stereocenters. The summed E-state index contributed by atoms with van der Waals surface area (Å²) in [4.78, 5) is 12.3. The first-order valence-electron chi connectivity index (χ1n) is 7.36. The topological polar surface area (TPSA) is 84.3 Å². The zero-order chi connectivity index (χ0) is 16.2. The molecule has 1 aliphatic carbocycles. The van der Waals surface area contributed by atoms with Crippen molar-refractivity contribution in [2.75, 3.05) is 0 Å². The minimum absolute atomic E-state index is 0.191. The molecule has 4 rings (SSSR count). The number of rotatable bonds is 4. The zero-order valence-electron chi connectivity index (χ0n) is 12.5. The van der Waals surface area contributed by atoms with Gasteiger partial charge in [0.05, 0.1) is 12.2 Å². The molecule has 0 bridgehead atoms. The number of carbonyl (C=O) groups excluding carboxylic acids is 1. The van der Waals surface area contributed by atoms with Gasteiger partial charge in [0.25, 0.3) is 15.9 Å². The summed E-state index contributed by atoms with van der Waals surface area (Å²) in [6, 6.07) is 3.56. The normalized spacial score (nSPS) is 18.1. The smallest absolute Gasteiger partial charge is 0.272 e. The first-order valence-corrected chi connectivity index (χ1v) is 9.68. The van der Waals surface area contributed by atoms with Crippen molar-refractivity contribution in [1.82, 2.24) is 19.4 Å². The fraction of sp³-hybridized carbons (Fsp3) is 0.429. The molecule has 1 N–H and O–H groups in total. The minimum Gasteiger partial charge on any atom is -0.348 e. The lowest BCUT2D eigenvalue weighted by Gasteiger charge is -2.14. The Labute approximate surface area is 138 Å². The summed E-state index contributed by atoms with van der Waals surface area (Å²) < 4.78 is 28.6. The largest absolute Gasteiger partial charge is 0.348 e. The molecule has 2 aromatic heterocycles. The average Bonchev–Trinajstić information content (AvgIpc) is 2.98. The first kappa shape index (κ1) is 14.9. The van der Waals surface area contributed by atoms with E-state index >= 15 is 0 Å². The van der Waals surface area contributed by atoms with Crippen LogP contribution in [0.2, 0.25) is 0 Å². The SMILES string of the molecule is Cn1nc(C(=O)NC2CC2)c2c1CN(S(=O)(=O)c1cccs1)C2. The van der Waals surface area contributed by atoms with Crippen molar-refractivity contribution in [1.29, 1.82) is 0 Å². The van der Waals surface area contributed by atoms with E-state index in [-0.39, 0.29) is 25.0 Å². The van der Waals surface area contributed by atoms with E-state index in [1.807, 2.05) is 0 Å². The van der Waals surface area contributed by atoms with Crippen LogP contribution < -0.4 is 5.32 Å². The number of nitrogens with one attached hydrogen (secondary N) is 1. The number of amides is 1. The van der Waals surface area contributed by atoms with Crippen LogP contribution in [-0.4, -0.2) is 34.5 Å². The third-order valence-electron chi connectivity index (χ3n) is 4.15. The summed E-state index contributed by atoms with van der Waals surface area (Å²) in [5.41, 5.74) is 1.84. The summed E-state index contributed by atoms with van der Waals surface area (Å²) in [5, 5.41) is 8.93. The van der Waals surface area contributed by atoms with Crippen molar-refractivity contribution in [2.45, 2.75) is 36.2 Å². The van der Waals surface area contributed by atoms with E-state index in [0.717, 1.165) is 18.5 Å². The Balaban J connectivity index is 1.63. The Morgan fingerprint density at radius 1 is 1.39 bits per heavy atom. The van der Waals surface area contributed by atoms with Gasteiger partial charge in [0, 0.05) is 25.2 Å². The highest BCUT2D eigenvalue weighted by Gasteiger charge is 2.37. The average molecular weight is 352 g/mol. The predicted octanol–water partition coefficient (Wildman–Crippen LogP) is 1.08. The highest BCUT2D eigenvalue weighted by atomic mass is 32.2. The Kier molecular flexibility index (Phi) is 3.33. The van der Waals surface area contributed by atoms with Gasteiger partial charge in [0.15, 0.2) is 5.69 Å². The monoisotopic (exact) mass is 352 g/mol. The first-order chi connectivity index (χ1) is 11.0. The summed E-state index contributed by atoms with van der Waals surface area (Å²) in [6.45, 7) is 0.437. The maximum absolute atomic E-state index is 12.6. The second kappa shape index (κ2) is 5.15. The van der Waals surface area contributed by atoms with Gasteiger partial charge in [-0.2, -0.15) is 9.40 Å². The van der Waals surface area contributed by atoms with Crippen molar-refractivity contribution in [3.8, 4) is 0 Å². The van der Waals surface area contributed by atoms with Crippen LogP contribution in [-0.2, 0) is 30.2 Å². The highest BCUT2D eigenvalue weighted by molar-refractivity contribution is 7.91. The van der Waals surface area contributed by atoms with Crippen LogP contribution in [0.1, 0.15) is 34.6 Å². The van der Waals surface area contributed by atoms with E-state index in [2.05, 4.69) is 10.4 Å². The maximum atomic E-state index is 12.6. The van der Waals surface area contributed by atoms with Crippen LogP contribution in [0.4, 0.5) is 0 Å². The van der Waals surface area contributed by atoms with Crippen molar-refractivity contribution >= 4 is 27.3 Å². The van der Waals surface area contributed by atoms with E-state index in [1.165, 1.54) is 15.6 Å². The van der Waals surface area contributed by atoms with Gasteiger partial charge in [-0.1, -0.05) is 6.07 Å². The minimum atomic E-state index is -3.52. The van der Waals surface area contributed by atoms with Crippen molar-refractivity contribution < 1.29 is 13.2 Å². The summed E-state index contributed by atoms with van der Waals surface area (Å²) >= 11 is 1.20. The molecule has 3 heterocycles. The molecule has 7 nitrogen and oxygen atoms in total. The Hall–Kier alpha value is -1.71. The molecule has 9 heteroatoms. The third kappa shape index (κ3) is 2.48. The van der Waals surface area contributed by atoms with Gasteiger partial charge < -0.3 is 5.32 Å². The van der Waals surface area contributed by atoms with Crippen molar-refractivity contribution in [2.24, 2.45) is 7.05 Å². The number of nitrogens with zero attached hydrogens (tertiary/aromatic N) is 3. The van der Waals surface area contributed by atoms with Crippen LogP contribution >= 0.6 is 11.3 Å². The third-order valence-corrected chi connectivity index (χ3v) is 7.32. The van der Waals surface area contributed by atoms with Crippen LogP contribution in [0.25, 0.3) is 0 Å². The van der Waals surface area contributed by atoms with Gasteiger partial charge in [-0.25, -0.2) is 8.42 Å². The molecule has 0 aromatic carbocycles. The number of aryl methyl sites for hydroxylation is 1. The van der Waals surface area contributed by atoms with E-state index < -0.39 is 10.0 Å². The number of hydrogen-bond donors (Lipinski definition) is 1. The van der Waals surface area contributed by atoms with Crippen LogP contribution in [0.3, 0.4) is 0 Å². The second-order valence-corrected chi connectivity index (χ2v) is 8.96. The number of sulfonamides is 1. The van der Waals surface area contributed by atoms with Crippen molar-refractivity contribution in [3.63, 3.8) is 0 Å². The summed E-state index contributed by atoms with van der Waals surface area (Å²) in [7, 11) is -1.78. The van der Waals surface area contributed by atoms with E-state index in [4.69, 9.17) is 0 Å². The number of fused-ring (bicyclic) bond motifs is 1. The zero-order valence-corrected chi connectivity index (χ0v) is 14.2. The molecule has 122 valence electrons. The number of hydrogen-bond acceptors (Lipinski definition) is 5. The lowest BCUT2D eigenvalue weighted by molar-refractivity contribution is 0.0944. The van der Waals surface area contributed by atoms with E-state index in [9.17, 15) is 13.2 Å². The lowest BCUT2D eigenvalue weighted by Crippen LogP contribution is -2.29. The quantitative estimate of drug-likeness (QED) is 0.892. The fourth-order valence-corrected chi connectivity index (χ4v) is 5.25. The van der Waals surface area contributed by atoms with E-state index in [0.29, 0.717) is 15.5 Å². The van der Waals surface area contributed by atoms with Gasteiger partial charge in [-0.15, -0.1) is 11.3 Å². The molecule has 1 amide bonds. The maximum Gasteiger partial charge on any atom is 0.272 e. The van der Waals surface area contributed by atoms with E-state index in [1.54, 1.807) is 29.2 Å². The highest BCUT2D eigenvalue weighted by Crippen LogP contribution is 2.32.